The monoisotopic (exact) mass is 387 g/mol. The van der Waals surface area contributed by atoms with Crippen LogP contribution < -0.4 is 10.5 Å². The summed E-state index contributed by atoms with van der Waals surface area (Å²) in [6, 6.07) is 7.60. The Morgan fingerprint density at radius 3 is 2.79 bits per heavy atom. The van der Waals surface area contributed by atoms with Gasteiger partial charge in [-0.2, -0.15) is 9.61 Å². The Hall–Kier alpha value is -3.55. The summed E-state index contributed by atoms with van der Waals surface area (Å²) in [5.41, 5.74) is 6.48. The number of fused-ring (bicyclic) bond motifs is 2. The van der Waals surface area contributed by atoms with Gasteiger partial charge in [0, 0.05) is 62.0 Å². The molecule has 0 fully saturated rings. The van der Waals surface area contributed by atoms with Crippen molar-refractivity contribution in [2.24, 2.45) is 7.05 Å². The lowest BCUT2D eigenvalue weighted by Crippen LogP contribution is -2.33. The van der Waals surface area contributed by atoms with Crippen LogP contribution in [0.5, 0.6) is 0 Å². The third-order valence-corrected chi connectivity index (χ3v) is 5.40. The Kier molecular flexibility index (Phi) is 3.94. The Labute approximate surface area is 167 Å². The molecule has 1 aliphatic heterocycles. The summed E-state index contributed by atoms with van der Waals surface area (Å²) in [7, 11) is 1.93. The van der Waals surface area contributed by atoms with Gasteiger partial charge in [0.1, 0.15) is 0 Å². The van der Waals surface area contributed by atoms with Crippen molar-refractivity contribution in [2.75, 3.05) is 11.4 Å². The second kappa shape index (κ2) is 6.51. The van der Waals surface area contributed by atoms with Crippen LogP contribution in [0, 0.1) is 13.8 Å². The van der Waals surface area contributed by atoms with Crippen LogP contribution in [0.2, 0.25) is 0 Å². The molecule has 146 valence electrons. The maximum absolute atomic E-state index is 12.4. The third kappa shape index (κ3) is 2.97. The molecule has 0 amide bonds. The molecule has 5 rings (SSSR count). The summed E-state index contributed by atoms with van der Waals surface area (Å²) in [4.78, 5) is 23.7. The third-order valence-electron chi connectivity index (χ3n) is 5.40. The van der Waals surface area contributed by atoms with Crippen molar-refractivity contribution in [3.8, 4) is 11.3 Å². The van der Waals surface area contributed by atoms with Crippen LogP contribution in [0.4, 0.5) is 5.82 Å². The predicted octanol–water partition coefficient (Wildman–Crippen LogP) is 2.06. The van der Waals surface area contributed by atoms with E-state index in [-0.39, 0.29) is 5.56 Å². The minimum absolute atomic E-state index is 0.161. The number of pyridine rings is 1. The van der Waals surface area contributed by atoms with Gasteiger partial charge in [0.15, 0.2) is 11.5 Å². The van der Waals surface area contributed by atoms with Crippen LogP contribution in [-0.2, 0) is 20.0 Å². The van der Waals surface area contributed by atoms with Gasteiger partial charge in [-0.25, -0.2) is 4.98 Å². The number of aryl methyl sites for hydroxylation is 3. The summed E-state index contributed by atoms with van der Waals surface area (Å²) in [5.74, 6) is 0.807. The molecule has 0 saturated carbocycles. The first-order chi connectivity index (χ1) is 14.0. The number of anilines is 1. The van der Waals surface area contributed by atoms with Crippen LogP contribution in [0.1, 0.15) is 22.5 Å². The maximum Gasteiger partial charge on any atom is 0.274 e. The van der Waals surface area contributed by atoms with Gasteiger partial charge in [0.05, 0.1) is 5.69 Å². The first kappa shape index (κ1) is 17.5. The van der Waals surface area contributed by atoms with Gasteiger partial charge in [-0.3, -0.25) is 14.5 Å². The van der Waals surface area contributed by atoms with Gasteiger partial charge < -0.3 is 4.90 Å². The largest absolute Gasteiger partial charge is 0.350 e. The minimum atomic E-state index is -0.161. The number of hydrogen-bond acceptors (Lipinski definition) is 6. The lowest BCUT2D eigenvalue weighted by molar-refractivity contribution is 0.685. The first-order valence-corrected chi connectivity index (χ1v) is 9.59. The average molecular weight is 387 g/mol. The molecule has 1 aliphatic rings. The zero-order valence-electron chi connectivity index (χ0n) is 16.6. The summed E-state index contributed by atoms with van der Waals surface area (Å²) in [6.07, 6.45) is 4.54. The highest BCUT2D eigenvalue weighted by Crippen LogP contribution is 2.27. The van der Waals surface area contributed by atoms with Crippen LogP contribution in [0.3, 0.4) is 0 Å². The fourth-order valence-corrected chi connectivity index (χ4v) is 3.96. The van der Waals surface area contributed by atoms with E-state index in [1.165, 1.54) is 16.1 Å². The highest BCUT2D eigenvalue weighted by atomic mass is 16.1. The predicted molar refractivity (Wildman–Crippen MR) is 110 cm³/mol. The SMILES string of the molecule is Cc1cc(=O)n2nc(N3CCc4ncc(-c5ccnn5C)cc4C3)c(C)cc2n1. The van der Waals surface area contributed by atoms with Crippen LogP contribution >= 0.6 is 0 Å². The normalized spacial score (nSPS) is 13.7. The minimum Gasteiger partial charge on any atom is -0.350 e. The van der Waals surface area contributed by atoms with E-state index >= 15 is 0 Å². The molecule has 0 aromatic carbocycles. The molecule has 0 bridgehead atoms. The highest BCUT2D eigenvalue weighted by molar-refractivity contribution is 5.61. The van der Waals surface area contributed by atoms with Gasteiger partial charge in [-0.15, -0.1) is 5.10 Å². The molecule has 5 heterocycles. The molecule has 0 saturated heterocycles. The molecule has 0 aliphatic carbocycles. The van der Waals surface area contributed by atoms with Gasteiger partial charge in [0.2, 0.25) is 0 Å². The molecular weight excluding hydrogens is 366 g/mol. The summed E-state index contributed by atoms with van der Waals surface area (Å²) in [5, 5.41) is 8.88. The maximum atomic E-state index is 12.4. The first-order valence-electron chi connectivity index (χ1n) is 9.59. The quantitative estimate of drug-likeness (QED) is 0.524. The van der Waals surface area contributed by atoms with E-state index in [2.05, 4.69) is 31.1 Å². The fourth-order valence-electron chi connectivity index (χ4n) is 3.96. The van der Waals surface area contributed by atoms with E-state index in [1.54, 1.807) is 6.20 Å². The number of nitrogens with zero attached hydrogens (tertiary/aromatic N) is 7. The molecule has 0 unspecified atom stereocenters. The molecule has 0 N–H and O–H groups in total. The number of hydrogen-bond donors (Lipinski definition) is 0. The van der Waals surface area contributed by atoms with Gasteiger partial charge in [-0.05, 0) is 43.2 Å². The highest BCUT2D eigenvalue weighted by Gasteiger charge is 2.22. The van der Waals surface area contributed by atoms with Crippen LogP contribution in [-0.4, -0.2) is 35.9 Å². The molecule has 8 nitrogen and oxygen atoms in total. The lowest BCUT2D eigenvalue weighted by atomic mass is 10.0. The Morgan fingerprint density at radius 2 is 2.00 bits per heavy atom. The van der Waals surface area contributed by atoms with Crippen molar-refractivity contribution in [3.63, 3.8) is 0 Å². The smallest absolute Gasteiger partial charge is 0.274 e. The van der Waals surface area contributed by atoms with Crippen molar-refractivity contribution in [1.82, 2.24) is 29.4 Å². The van der Waals surface area contributed by atoms with Crippen molar-refractivity contribution in [3.05, 3.63) is 69.5 Å². The van der Waals surface area contributed by atoms with Crippen molar-refractivity contribution in [2.45, 2.75) is 26.8 Å². The zero-order valence-corrected chi connectivity index (χ0v) is 16.6. The molecule has 0 radical (unpaired) electrons. The van der Waals surface area contributed by atoms with E-state index in [0.29, 0.717) is 17.9 Å². The van der Waals surface area contributed by atoms with E-state index in [9.17, 15) is 4.79 Å². The number of rotatable bonds is 2. The molecule has 0 atom stereocenters. The lowest BCUT2D eigenvalue weighted by Gasteiger charge is -2.30. The van der Waals surface area contributed by atoms with Crippen LogP contribution in [0.25, 0.3) is 16.9 Å². The second-order valence-corrected chi connectivity index (χ2v) is 7.50. The molecule has 0 spiro atoms. The van der Waals surface area contributed by atoms with Crippen LogP contribution in [0.15, 0.2) is 41.5 Å². The van der Waals surface area contributed by atoms with E-state index in [1.807, 2.05) is 43.9 Å². The molecule has 8 heteroatoms. The average Bonchev–Trinajstić information content (AvgIpc) is 3.12. The summed E-state index contributed by atoms with van der Waals surface area (Å²) < 4.78 is 3.23. The Morgan fingerprint density at radius 1 is 1.14 bits per heavy atom. The number of aromatic nitrogens is 6. The van der Waals surface area contributed by atoms with Gasteiger partial charge in [-0.1, -0.05) is 0 Å². The second-order valence-electron chi connectivity index (χ2n) is 7.50. The Bertz CT molecular complexity index is 1300. The molecule has 4 aromatic rings. The fraction of sp³-hybridized carbons (Fsp3) is 0.286. The Balaban J connectivity index is 1.54. The van der Waals surface area contributed by atoms with E-state index < -0.39 is 0 Å². The molecule has 29 heavy (non-hydrogen) atoms. The standard InChI is InChI=1S/C21H21N7O/c1-13-8-19-24-14(2)9-20(29)28(19)25-21(13)27-7-5-17-16(12-27)10-15(11-22-17)18-4-6-23-26(18)3/h4,6,8-11H,5,7,12H2,1-3H3. The summed E-state index contributed by atoms with van der Waals surface area (Å²) >= 11 is 0. The van der Waals surface area contributed by atoms with Crippen molar-refractivity contribution >= 4 is 11.5 Å². The van der Waals surface area contributed by atoms with Gasteiger partial charge >= 0.3 is 0 Å². The summed E-state index contributed by atoms with van der Waals surface area (Å²) in [6.45, 7) is 5.33. The van der Waals surface area contributed by atoms with E-state index in [4.69, 9.17) is 0 Å². The topological polar surface area (TPSA) is 81.2 Å². The zero-order chi connectivity index (χ0) is 20.1. The van der Waals surface area contributed by atoms with Gasteiger partial charge in [0.25, 0.3) is 5.56 Å². The molecule has 4 aromatic heterocycles. The van der Waals surface area contributed by atoms with E-state index in [0.717, 1.165) is 41.3 Å². The van der Waals surface area contributed by atoms with Crippen molar-refractivity contribution in [1.29, 1.82) is 0 Å². The van der Waals surface area contributed by atoms with Crippen molar-refractivity contribution < 1.29 is 0 Å². The molecular formula is C21H21N7O.